The topological polar surface area (TPSA) is 77.0 Å². The van der Waals surface area contributed by atoms with E-state index in [1.54, 1.807) is 18.3 Å². The molecule has 1 fully saturated rings. The number of nitrogens with one attached hydrogen (secondary N) is 2. The van der Waals surface area contributed by atoms with Gasteiger partial charge in [0.05, 0.1) is 19.3 Å². The summed E-state index contributed by atoms with van der Waals surface area (Å²) < 4.78 is 30.3. The third kappa shape index (κ3) is 8.96. The van der Waals surface area contributed by atoms with E-state index in [1.807, 2.05) is 19.1 Å². The molecule has 1 aliphatic heterocycles. The molecule has 170 valence electrons. The molecular formula is C22H30FIN4O3. The highest BCUT2D eigenvalue weighted by molar-refractivity contribution is 14.0. The van der Waals surface area contributed by atoms with Crippen LogP contribution in [0.1, 0.15) is 25.3 Å². The first-order chi connectivity index (χ1) is 14.7. The number of pyridine rings is 1. The zero-order chi connectivity index (χ0) is 21.0. The van der Waals surface area contributed by atoms with Crippen LogP contribution in [0.5, 0.6) is 11.6 Å². The molecule has 31 heavy (non-hydrogen) atoms. The molecular weight excluding hydrogens is 514 g/mol. The van der Waals surface area contributed by atoms with Crippen molar-refractivity contribution < 1.29 is 18.6 Å². The van der Waals surface area contributed by atoms with Crippen molar-refractivity contribution in [3.05, 3.63) is 54.0 Å². The maximum atomic E-state index is 13.4. The number of guanidine groups is 1. The Balaban J connectivity index is 0.00000341. The average molecular weight is 544 g/mol. The first kappa shape index (κ1) is 25.3. The number of ether oxygens (including phenoxy) is 3. The molecule has 2 heterocycles. The van der Waals surface area contributed by atoms with Crippen LogP contribution in [0.25, 0.3) is 0 Å². The van der Waals surface area contributed by atoms with Crippen molar-refractivity contribution in [3.8, 4) is 11.6 Å². The summed E-state index contributed by atoms with van der Waals surface area (Å²) in [6, 6.07) is 9.71. The van der Waals surface area contributed by atoms with E-state index < -0.39 is 0 Å². The second-order valence-electron chi connectivity index (χ2n) is 6.86. The van der Waals surface area contributed by atoms with E-state index in [1.165, 1.54) is 12.1 Å². The van der Waals surface area contributed by atoms with Crippen LogP contribution in [-0.2, 0) is 16.0 Å². The molecule has 0 aliphatic carbocycles. The van der Waals surface area contributed by atoms with E-state index >= 15 is 0 Å². The fraction of sp³-hybridized carbons (Fsp3) is 0.455. The number of hydrogen-bond donors (Lipinski definition) is 2. The van der Waals surface area contributed by atoms with E-state index in [0.717, 1.165) is 38.1 Å². The third-order valence-electron chi connectivity index (χ3n) is 4.47. The van der Waals surface area contributed by atoms with E-state index in [0.29, 0.717) is 37.3 Å². The second kappa shape index (κ2) is 14.2. The van der Waals surface area contributed by atoms with Gasteiger partial charge in [-0.05, 0) is 38.0 Å². The van der Waals surface area contributed by atoms with Crippen molar-refractivity contribution in [1.82, 2.24) is 15.6 Å². The Labute approximate surface area is 199 Å². The number of nitrogens with zero attached hydrogens (tertiary/aromatic N) is 2. The van der Waals surface area contributed by atoms with Crippen molar-refractivity contribution in [2.45, 2.75) is 32.4 Å². The molecule has 0 spiro atoms. The fourth-order valence-electron chi connectivity index (χ4n) is 2.96. The average Bonchev–Trinajstić information content (AvgIpc) is 3.26. The molecule has 1 saturated heterocycles. The quantitative estimate of drug-likeness (QED) is 0.205. The lowest BCUT2D eigenvalue weighted by molar-refractivity contribution is 0.0420. The molecule has 2 aromatic rings. The molecule has 3 rings (SSSR count). The minimum atomic E-state index is -0.355. The van der Waals surface area contributed by atoms with Gasteiger partial charge < -0.3 is 24.8 Å². The Morgan fingerprint density at radius 1 is 1.29 bits per heavy atom. The molecule has 1 atom stereocenters. The van der Waals surface area contributed by atoms with Gasteiger partial charge in [0.1, 0.15) is 11.6 Å². The van der Waals surface area contributed by atoms with Gasteiger partial charge in [0, 0.05) is 44.1 Å². The molecule has 0 amide bonds. The van der Waals surface area contributed by atoms with Crippen LogP contribution >= 0.6 is 24.0 Å². The van der Waals surface area contributed by atoms with Gasteiger partial charge in [-0.3, -0.25) is 0 Å². The van der Waals surface area contributed by atoms with Gasteiger partial charge in [-0.1, -0.05) is 12.1 Å². The highest BCUT2D eigenvalue weighted by Gasteiger charge is 2.15. The van der Waals surface area contributed by atoms with Crippen molar-refractivity contribution in [2.75, 3.05) is 32.9 Å². The van der Waals surface area contributed by atoms with Gasteiger partial charge in [-0.2, -0.15) is 0 Å². The molecule has 9 heteroatoms. The van der Waals surface area contributed by atoms with Crippen molar-refractivity contribution in [2.24, 2.45) is 4.99 Å². The van der Waals surface area contributed by atoms with Gasteiger partial charge in [0.2, 0.25) is 5.88 Å². The zero-order valence-corrected chi connectivity index (χ0v) is 20.0. The van der Waals surface area contributed by atoms with Crippen LogP contribution < -0.4 is 15.4 Å². The van der Waals surface area contributed by atoms with E-state index in [-0.39, 0.29) is 35.9 Å². The second-order valence-corrected chi connectivity index (χ2v) is 6.86. The number of hydrogen-bond acceptors (Lipinski definition) is 5. The monoisotopic (exact) mass is 544 g/mol. The van der Waals surface area contributed by atoms with Crippen LogP contribution in [0, 0.1) is 5.82 Å². The minimum Gasteiger partial charge on any atom is -0.439 e. The smallest absolute Gasteiger partial charge is 0.224 e. The molecule has 2 N–H and O–H groups in total. The Bertz CT molecular complexity index is 819. The molecule has 0 bridgehead atoms. The number of aliphatic imine (C=N–C) groups is 1. The molecule has 0 radical (unpaired) electrons. The van der Waals surface area contributed by atoms with Crippen molar-refractivity contribution in [1.29, 1.82) is 0 Å². The number of rotatable bonds is 10. The Morgan fingerprint density at radius 2 is 2.19 bits per heavy atom. The van der Waals surface area contributed by atoms with Gasteiger partial charge in [0.15, 0.2) is 5.96 Å². The molecule has 0 saturated carbocycles. The minimum absolute atomic E-state index is 0. The normalized spacial score (nSPS) is 15.9. The highest BCUT2D eigenvalue weighted by Crippen LogP contribution is 2.23. The maximum Gasteiger partial charge on any atom is 0.224 e. The summed E-state index contributed by atoms with van der Waals surface area (Å²) in [6.07, 6.45) is 3.72. The fourth-order valence-corrected chi connectivity index (χ4v) is 2.96. The SMILES string of the molecule is CCNC(=NCc1cccnc1Oc1cccc(F)c1)NCCCOC1CCOC1.I. The lowest BCUT2D eigenvalue weighted by atomic mass is 10.2. The summed E-state index contributed by atoms with van der Waals surface area (Å²) in [6.45, 7) is 6.07. The van der Waals surface area contributed by atoms with Crippen LogP contribution in [0.3, 0.4) is 0 Å². The largest absolute Gasteiger partial charge is 0.439 e. The predicted molar refractivity (Wildman–Crippen MR) is 129 cm³/mol. The summed E-state index contributed by atoms with van der Waals surface area (Å²) in [5.74, 6) is 1.17. The summed E-state index contributed by atoms with van der Waals surface area (Å²) in [5, 5.41) is 6.54. The number of halogens is 2. The summed E-state index contributed by atoms with van der Waals surface area (Å²) >= 11 is 0. The number of aromatic nitrogens is 1. The van der Waals surface area contributed by atoms with Crippen LogP contribution in [0.4, 0.5) is 4.39 Å². The number of benzene rings is 1. The molecule has 1 unspecified atom stereocenters. The Hall–Kier alpha value is -1.98. The van der Waals surface area contributed by atoms with Crippen LogP contribution in [0.2, 0.25) is 0 Å². The standard InChI is InChI=1S/C22H29FN4O3.HI/c1-2-24-22(26-11-5-12-29-20-9-13-28-16-20)27-15-17-6-4-10-25-21(17)30-19-8-3-7-18(23)14-19;/h3-4,6-8,10,14,20H,2,5,9,11-13,15-16H2,1H3,(H2,24,26,27);1H. The summed E-state index contributed by atoms with van der Waals surface area (Å²) in [4.78, 5) is 8.89. The molecule has 1 aromatic heterocycles. The van der Waals surface area contributed by atoms with E-state index in [9.17, 15) is 4.39 Å². The van der Waals surface area contributed by atoms with Gasteiger partial charge in [-0.15, -0.1) is 24.0 Å². The predicted octanol–water partition coefficient (Wildman–Crippen LogP) is 3.88. The lowest BCUT2D eigenvalue weighted by Crippen LogP contribution is -2.38. The zero-order valence-electron chi connectivity index (χ0n) is 17.7. The Morgan fingerprint density at radius 3 is 2.97 bits per heavy atom. The summed E-state index contributed by atoms with van der Waals surface area (Å²) in [5.41, 5.74) is 0.809. The molecule has 1 aliphatic rings. The summed E-state index contributed by atoms with van der Waals surface area (Å²) in [7, 11) is 0. The lowest BCUT2D eigenvalue weighted by Gasteiger charge is -2.13. The van der Waals surface area contributed by atoms with E-state index in [4.69, 9.17) is 14.2 Å². The van der Waals surface area contributed by atoms with Crippen LogP contribution in [0.15, 0.2) is 47.6 Å². The first-order valence-corrected chi connectivity index (χ1v) is 10.3. The molecule has 7 nitrogen and oxygen atoms in total. The van der Waals surface area contributed by atoms with Gasteiger partial charge in [-0.25, -0.2) is 14.4 Å². The van der Waals surface area contributed by atoms with Crippen molar-refractivity contribution in [3.63, 3.8) is 0 Å². The first-order valence-electron chi connectivity index (χ1n) is 10.3. The highest BCUT2D eigenvalue weighted by atomic mass is 127. The maximum absolute atomic E-state index is 13.4. The Kier molecular flexibility index (Phi) is 11.5. The van der Waals surface area contributed by atoms with Crippen LogP contribution in [-0.4, -0.2) is 50.0 Å². The van der Waals surface area contributed by atoms with Crippen molar-refractivity contribution >= 4 is 29.9 Å². The van der Waals surface area contributed by atoms with E-state index in [2.05, 4.69) is 20.6 Å². The third-order valence-corrected chi connectivity index (χ3v) is 4.47. The van der Waals surface area contributed by atoms with Gasteiger partial charge in [0.25, 0.3) is 0 Å². The molecule has 1 aromatic carbocycles. The van der Waals surface area contributed by atoms with Gasteiger partial charge >= 0.3 is 0 Å².